The maximum absolute atomic E-state index is 10.9. The van der Waals surface area contributed by atoms with E-state index < -0.39 is 12.3 Å². The van der Waals surface area contributed by atoms with Crippen LogP contribution in [-0.4, -0.2) is 30.4 Å². The Bertz CT molecular complexity index is 997. The van der Waals surface area contributed by atoms with Gasteiger partial charge in [0, 0.05) is 15.8 Å². The van der Waals surface area contributed by atoms with Gasteiger partial charge in [0.1, 0.15) is 0 Å². The fourth-order valence-corrected chi connectivity index (χ4v) is 10.5. The second-order valence-electron chi connectivity index (χ2n) is 7.89. The molecule has 0 unspecified atom stereocenters. The van der Waals surface area contributed by atoms with Crippen molar-refractivity contribution in [2.24, 2.45) is 3.57 Å². The fourth-order valence-electron chi connectivity index (χ4n) is 3.53. The van der Waals surface area contributed by atoms with Crippen molar-refractivity contribution in [1.82, 2.24) is 0 Å². The first kappa shape index (κ1) is 33.6. The molecule has 0 N–H and O–H groups in total. The number of rotatable bonds is 8. The van der Waals surface area contributed by atoms with Gasteiger partial charge >= 0.3 is 97.5 Å². The number of benzene rings is 3. The number of halogens is 3. The van der Waals surface area contributed by atoms with Gasteiger partial charge in [-0.15, -0.1) is 0 Å². The standard InChI is InChI=1S/2C10H15P.C8H7NO.3ClH.Re/c2*1-3-11(4-2)10-8-6-5-7-9-10;1-6(10)7-2-4-8(9)5-3-7;;;;/h2*5-9H,3-4H2,1-2H3;2-5H,1H3;3*1H;/q;;;;;;+3/p-1. The van der Waals surface area contributed by atoms with E-state index >= 15 is 0 Å². The van der Waals surface area contributed by atoms with E-state index in [9.17, 15) is 4.79 Å². The van der Waals surface area contributed by atoms with Gasteiger partial charge in [0.25, 0.3) is 0 Å². The maximum atomic E-state index is 10.9. The van der Waals surface area contributed by atoms with E-state index in [2.05, 4.69) is 91.9 Å². The van der Waals surface area contributed by atoms with Crippen molar-refractivity contribution in [3.8, 4) is 0 Å². The molecule has 0 radical (unpaired) electrons. The summed E-state index contributed by atoms with van der Waals surface area (Å²) < 4.78 is 3.98. The van der Waals surface area contributed by atoms with E-state index in [0.717, 1.165) is 0 Å². The first-order valence-electron chi connectivity index (χ1n) is 12.2. The van der Waals surface area contributed by atoms with Gasteiger partial charge in [-0.05, 0) is 52.0 Å². The third-order valence-electron chi connectivity index (χ3n) is 5.54. The largest absolute Gasteiger partial charge is 0.0914 e. The fraction of sp³-hybridized carbons (Fsp3) is 0.321. The molecule has 36 heavy (non-hydrogen) atoms. The van der Waals surface area contributed by atoms with E-state index in [1.165, 1.54) is 31.6 Å². The molecule has 3 aromatic carbocycles. The summed E-state index contributed by atoms with van der Waals surface area (Å²) in [5.41, 5.74) is 1.24. The molecule has 0 aliphatic carbocycles. The van der Waals surface area contributed by atoms with Crippen LogP contribution in [0.1, 0.15) is 45.0 Å². The quantitative estimate of drug-likeness (QED) is 0.166. The molecule has 198 valence electrons. The number of Topliss-reactive ketones (excluding diaryl/α,β-unsaturated/α-hetero) is 1. The van der Waals surface area contributed by atoms with Crippen LogP contribution in [0.3, 0.4) is 0 Å². The predicted octanol–water partition coefficient (Wildman–Crippen LogP) is 9.45. The Morgan fingerprint density at radius 1 is 0.667 bits per heavy atom. The first-order chi connectivity index (χ1) is 17.1. The van der Waals surface area contributed by atoms with E-state index in [1.54, 1.807) is 34.9 Å². The Balaban J connectivity index is 0.000000273. The molecule has 0 aromatic heterocycles. The van der Waals surface area contributed by atoms with Crippen molar-refractivity contribution in [2.45, 2.75) is 34.6 Å². The molecular formula is C28H39Cl3NOP2Re+2. The summed E-state index contributed by atoms with van der Waals surface area (Å²) in [4.78, 5) is 10.9. The van der Waals surface area contributed by atoms with Crippen LogP contribution in [0.25, 0.3) is 0 Å². The maximum Gasteiger partial charge on any atom is 0.0914 e. The second-order valence-corrected chi connectivity index (χ2v) is 31.2. The Labute approximate surface area is 235 Å². The van der Waals surface area contributed by atoms with Crippen LogP contribution in [0.2, 0.25) is 0 Å². The molecule has 0 bridgehead atoms. The Hall–Kier alpha value is -0.478. The summed E-state index contributed by atoms with van der Waals surface area (Å²) in [5, 5.41) is 3.17. The summed E-state index contributed by atoms with van der Waals surface area (Å²) in [7, 11) is 16.6. The monoisotopic (exact) mass is 759 g/mol. The van der Waals surface area contributed by atoms with Crippen molar-refractivity contribution >= 4 is 66.5 Å². The summed E-state index contributed by atoms with van der Waals surface area (Å²) in [6.07, 6.45) is 5.41. The van der Waals surface area contributed by atoms with Crippen LogP contribution in [0.15, 0.2) is 88.5 Å². The Morgan fingerprint density at radius 3 is 1.31 bits per heavy atom. The summed E-state index contributed by atoms with van der Waals surface area (Å²) in [5.74, 6) is 0.00758. The van der Waals surface area contributed by atoms with Crippen molar-refractivity contribution in [2.75, 3.05) is 24.6 Å². The zero-order valence-corrected chi connectivity index (χ0v) is 28.8. The van der Waals surface area contributed by atoms with Gasteiger partial charge in [-0.25, -0.2) is 0 Å². The van der Waals surface area contributed by atoms with Crippen LogP contribution >= 0.6 is 44.4 Å². The first-order valence-corrected chi connectivity index (χ1v) is 27.3. The molecule has 2 nitrogen and oxygen atoms in total. The minimum absolute atomic E-state index is 0.00758. The number of carbonyl (C=O) groups excluding carboxylic acids is 1. The number of nitrogens with zero attached hydrogens (tertiary/aromatic N) is 1. The van der Waals surface area contributed by atoms with Crippen molar-refractivity contribution in [3.05, 3.63) is 90.5 Å². The van der Waals surface area contributed by atoms with Crippen LogP contribution in [-0.2, 0) is 12.3 Å². The zero-order valence-electron chi connectivity index (χ0n) is 21.8. The molecule has 3 rings (SSSR count). The number of ketones is 1. The van der Waals surface area contributed by atoms with Crippen molar-refractivity contribution in [1.29, 1.82) is 0 Å². The minimum Gasteiger partial charge on any atom is -0.0620 e. The molecular weight excluding hydrogens is 721 g/mol. The second kappa shape index (κ2) is 18.7. The molecule has 0 fully saturated rings. The van der Waals surface area contributed by atoms with Gasteiger partial charge in [0.2, 0.25) is 0 Å². The number of carbonyl (C=O) groups is 1. The van der Waals surface area contributed by atoms with Gasteiger partial charge in [-0.3, -0.25) is 0 Å². The topological polar surface area (TPSA) is 29.4 Å². The van der Waals surface area contributed by atoms with Crippen LogP contribution in [0, 0.1) is 0 Å². The Morgan fingerprint density at radius 2 is 1.03 bits per heavy atom. The van der Waals surface area contributed by atoms with Crippen LogP contribution in [0.4, 0.5) is 5.69 Å². The third-order valence-corrected chi connectivity index (χ3v) is 14.2. The summed E-state index contributed by atoms with van der Waals surface area (Å²) in [6, 6.07) is 28.5. The van der Waals surface area contributed by atoms with Crippen LogP contribution < -0.4 is 10.6 Å². The average Bonchev–Trinajstić information content (AvgIpc) is 2.87. The number of hydrogen-bond acceptors (Lipinski definition) is 2. The molecule has 0 atom stereocenters. The van der Waals surface area contributed by atoms with E-state index in [1.807, 2.05) is 0 Å². The van der Waals surface area contributed by atoms with Gasteiger partial charge in [0.15, 0.2) is 0 Å². The molecule has 0 amide bonds. The molecule has 0 spiro atoms. The van der Waals surface area contributed by atoms with Crippen LogP contribution in [0.5, 0.6) is 0 Å². The average molecular weight is 760 g/mol. The molecule has 0 aliphatic rings. The van der Waals surface area contributed by atoms with E-state index in [4.69, 9.17) is 28.6 Å². The van der Waals surface area contributed by atoms with Gasteiger partial charge in [-0.1, -0.05) is 36.4 Å². The zero-order chi connectivity index (χ0) is 27.0. The molecule has 8 heteroatoms. The SMILES string of the molecule is CC(=O)c1ccc([N]=[Re]([Cl])([Cl])[Cl])cc1.CC[PH+](CC)c1ccccc1.CC[PH+](CC)c1ccccc1. The summed E-state index contributed by atoms with van der Waals surface area (Å²) in [6.45, 7) is 10.7. The minimum atomic E-state index is -3.58. The smallest absolute Gasteiger partial charge is 0.0620 e. The summed E-state index contributed by atoms with van der Waals surface area (Å²) >= 11 is -3.58. The van der Waals surface area contributed by atoms with Gasteiger partial charge < -0.3 is 0 Å². The van der Waals surface area contributed by atoms with E-state index in [-0.39, 0.29) is 21.6 Å². The molecule has 0 aliphatic heterocycles. The number of hydrogen-bond donors (Lipinski definition) is 0. The van der Waals surface area contributed by atoms with Gasteiger partial charge in [-0.2, -0.15) is 0 Å². The van der Waals surface area contributed by atoms with Gasteiger partial charge in [0.05, 0.1) is 35.3 Å². The van der Waals surface area contributed by atoms with Crippen molar-refractivity contribution < 1.29 is 17.1 Å². The molecule has 0 heterocycles. The predicted molar refractivity (Wildman–Crippen MR) is 167 cm³/mol. The molecule has 0 saturated heterocycles. The third kappa shape index (κ3) is 13.9. The Kier molecular flexibility index (Phi) is 17.4. The normalized spacial score (nSPS) is 11.2. The van der Waals surface area contributed by atoms with E-state index in [0.29, 0.717) is 11.3 Å². The molecule has 0 saturated carbocycles. The molecule has 3 aromatic rings. The van der Waals surface area contributed by atoms with Crippen molar-refractivity contribution in [3.63, 3.8) is 0 Å².